The number of para-hydroxylation sites is 1. The molecule has 114 valence electrons. The van der Waals surface area contributed by atoms with E-state index in [1.807, 2.05) is 30.3 Å². The molecule has 1 fully saturated rings. The highest BCUT2D eigenvalue weighted by Gasteiger charge is 2.28. The van der Waals surface area contributed by atoms with E-state index >= 15 is 0 Å². The molecule has 0 N–H and O–H groups in total. The lowest BCUT2D eigenvalue weighted by molar-refractivity contribution is -0.385. The van der Waals surface area contributed by atoms with Crippen molar-refractivity contribution in [1.82, 2.24) is 0 Å². The Hall–Kier alpha value is -2.44. The Morgan fingerprint density at radius 2 is 2.00 bits per heavy atom. The Labute approximate surface area is 127 Å². The molecule has 3 rings (SSSR count). The number of non-ortho nitro benzene ring substituents is 1. The molecule has 0 bridgehead atoms. The molecule has 0 unspecified atom stereocenters. The van der Waals surface area contributed by atoms with E-state index in [1.54, 1.807) is 12.1 Å². The van der Waals surface area contributed by atoms with Gasteiger partial charge in [0.1, 0.15) is 18.5 Å². The van der Waals surface area contributed by atoms with Crippen molar-refractivity contribution in [3.05, 3.63) is 70.3 Å². The monoisotopic (exact) mass is 301 g/mol. The lowest BCUT2D eigenvalue weighted by atomic mass is 10.2. The van der Waals surface area contributed by atoms with Gasteiger partial charge in [-0.05, 0) is 12.1 Å². The Kier molecular flexibility index (Phi) is 4.32. The van der Waals surface area contributed by atoms with Crippen LogP contribution in [-0.2, 0) is 9.47 Å². The minimum atomic E-state index is -0.593. The number of hydrogen-bond acceptors (Lipinski definition) is 5. The van der Waals surface area contributed by atoms with E-state index in [0.717, 1.165) is 5.75 Å². The van der Waals surface area contributed by atoms with Gasteiger partial charge in [0, 0.05) is 17.7 Å². The summed E-state index contributed by atoms with van der Waals surface area (Å²) >= 11 is 0. The van der Waals surface area contributed by atoms with Gasteiger partial charge in [-0.2, -0.15) is 0 Å². The Morgan fingerprint density at radius 1 is 1.18 bits per heavy atom. The van der Waals surface area contributed by atoms with Crippen LogP contribution in [0.5, 0.6) is 5.75 Å². The van der Waals surface area contributed by atoms with Crippen molar-refractivity contribution in [2.75, 3.05) is 13.2 Å². The molecule has 2 atom stereocenters. The Balaban J connectivity index is 1.58. The number of benzene rings is 2. The van der Waals surface area contributed by atoms with Crippen LogP contribution in [0.4, 0.5) is 5.69 Å². The molecule has 0 amide bonds. The zero-order valence-corrected chi connectivity index (χ0v) is 11.8. The number of rotatable bonds is 5. The molecule has 1 aliphatic rings. The van der Waals surface area contributed by atoms with E-state index in [9.17, 15) is 10.1 Å². The van der Waals surface area contributed by atoms with Crippen molar-refractivity contribution in [3.8, 4) is 5.75 Å². The molecule has 1 saturated heterocycles. The maximum Gasteiger partial charge on any atom is 0.269 e. The van der Waals surface area contributed by atoms with Crippen LogP contribution in [0.2, 0.25) is 0 Å². The van der Waals surface area contributed by atoms with Gasteiger partial charge in [0.2, 0.25) is 0 Å². The molecule has 22 heavy (non-hydrogen) atoms. The van der Waals surface area contributed by atoms with Gasteiger partial charge in [-0.25, -0.2) is 0 Å². The summed E-state index contributed by atoms with van der Waals surface area (Å²) in [5.41, 5.74) is 0.657. The largest absolute Gasteiger partial charge is 0.491 e. The fourth-order valence-electron chi connectivity index (χ4n) is 2.20. The summed E-state index contributed by atoms with van der Waals surface area (Å²) in [7, 11) is 0. The van der Waals surface area contributed by atoms with Crippen LogP contribution in [0.3, 0.4) is 0 Å². The Morgan fingerprint density at radius 3 is 2.77 bits per heavy atom. The smallest absolute Gasteiger partial charge is 0.269 e. The Bertz CT molecular complexity index is 646. The zero-order chi connectivity index (χ0) is 15.4. The lowest BCUT2D eigenvalue weighted by Gasteiger charge is -2.12. The van der Waals surface area contributed by atoms with E-state index in [1.165, 1.54) is 12.1 Å². The minimum Gasteiger partial charge on any atom is -0.491 e. The van der Waals surface area contributed by atoms with E-state index in [-0.39, 0.29) is 11.8 Å². The standard InChI is InChI=1S/C16H15NO5/c18-17(19)13-6-4-5-12(9-13)16-21-11-15(22-16)10-20-14-7-2-1-3-8-14/h1-9,15-16H,10-11H2/t15-,16-/m0/s1. The molecule has 0 aliphatic carbocycles. The van der Waals surface area contributed by atoms with Crippen molar-refractivity contribution >= 4 is 5.69 Å². The van der Waals surface area contributed by atoms with Crippen molar-refractivity contribution in [1.29, 1.82) is 0 Å². The molecule has 6 nitrogen and oxygen atoms in total. The maximum atomic E-state index is 10.8. The van der Waals surface area contributed by atoms with E-state index in [2.05, 4.69) is 0 Å². The van der Waals surface area contributed by atoms with Crippen LogP contribution in [0.1, 0.15) is 11.9 Å². The molecule has 0 radical (unpaired) electrons. The number of nitro benzene ring substituents is 1. The third-order valence-corrected chi connectivity index (χ3v) is 3.28. The number of hydrogen-bond donors (Lipinski definition) is 0. The first-order valence-corrected chi connectivity index (χ1v) is 6.91. The summed E-state index contributed by atoms with van der Waals surface area (Å²) in [5.74, 6) is 0.768. The third kappa shape index (κ3) is 3.41. The summed E-state index contributed by atoms with van der Waals surface area (Å²) in [6.07, 6.45) is -0.797. The van der Waals surface area contributed by atoms with Gasteiger partial charge in [-0.1, -0.05) is 30.3 Å². The highest BCUT2D eigenvalue weighted by molar-refractivity contribution is 5.35. The lowest BCUT2D eigenvalue weighted by Crippen LogP contribution is -2.19. The third-order valence-electron chi connectivity index (χ3n) is 3.28. The molecule has 0 aromatic heterocycles. The van der Waals surface area contributed by atoms with Gasteiger partial charge in [-0.15, -0.1) is 0 Å². The molecule has 2 aromatic carbocycles. The average molecular weight is 301 g/mol. The second-order valence-electron chi connectivity index (χ2n) is 4.90. The quantitative estimate of drug-likeness (QED) is 0.627. The van der Waals surface area contributed by atoms with Crippen LogP contribution in [0.15, 0.2) is 54.6 Å². The molecule has 6 heteroatoms. The van der Waals surface area contributed by atoms with Gasteiger partial charge < -0.3 is 14.2 Å². The van der Waals surface area contributed by atoms with E-state index in [4.69, 9.17) is 14.2 Å². The van der Waals surface area contributed by atoms with Crippen molar-refractivity contribution in [2.45, 2.75) is 12.4 Å². The molecule has 2 aromatic rings. The summed E-state index contributed by atoms with van der Waals surface area (Å²) in [4.78, 5) is 10.4. The maximum absolute atomic E-state index is 10.8. The number of nitro groups is 1. The van der Waals surface area contributed by atoms with E-state index < -0.39 is 11.2 Å². The molecule has 1 aliphatic heterocycles. The number of ether oxygens (including phenoxy) is 3. The van der Waals surface area contributed by atoms with E-state index in [0.29, 0.717) is 18.8 Å². The minimum absolute atomic E-state index is 0.0219. The fourth-order valence-corrected chi connectivity index (χ4v) is 2.20. The normalized spacial score (nSPS) is 20.7. The molecule has 1 heterocycles. The van der Waals surface area contributed by atoms with Gasteiger partial charge in [0.25, 0.3) is 5.69 Å². The topological polar surface area (TPSA) is 70.8 Å². The summed E-state index contributed by atoms with van der Waals surface area (Å²) in [6, 6.07) is 15.7. The first kappa shape index (κ1) is 14.5. The highest BCUT2D eigenvalue weighted by Crippen LogP contribution is 2.29. The van der Waals surface area contributed by atoms with Crippen LogP contribution < -0.4 is 4.74 Å². The molecule has 0 spiro atoms. The van der Waals surface area contributed by atoms with Gasteiger partial charge in [0.15, 0.2) is 6.29 Å². The van der Waals surface area contributed by atoms with Crippen LogP contribution in [0, 0.1) is 10.1 Å². The van der Waals surface area contributed by atoms with Crippen LogP contribution in [-0.4, -0.2) is 24.2 Å². The second-order valence-corrected chi connectivity index (χ2v) is 4.90. The van der Waals surface area contributed by atoms with Crippen molar-refractivity contribution in [2.24, 2.45) is 0 Å². The fraction of sp³-hybridized carbons (Fsp3) is 0.250. The van der Waals surface area contributed by atoms with Gasteiger partial charge >= 0.3 is 0 Å². The molecular formula is C16H15NO5. The predicted molar refractivity (Wildman–Crippen MR) is 78.6 cm³/mol. The van der Waals surface area contributed by atoms with Crippen LogP contribution in [0.25, 0.3) is 0 Å². The second kappa shape index (κ2) is 6.55. The predicted octanol–water partition coefficient (Wildman–Crippen LogP) is 3.09. The average Bonchev–Trinajstić information content (AvgIpc) is 3.03. The van der Waals surface area contributed by atoms with Crippen molar-refractivity contribution in [3.63, 3.8) is 0 Å². The van der Waals surface area contributed by atoms with Gasteiger partial charge in [0.05, 0.1) is 11.5 Å². The van der Waals surface area contributed by atoms with Crippen molar-refractivity contribution < 1.29 is 19.1 Å². The summed E-state index contributed by atoms with van der Waals surface area (Å²) in [5, 5.41) is 10.8. The first-order valence-electron chi connectivity index (χ1n) is 6.91. The molecular weight excluding hydrogens is 286 g/mol. The zero-order valence-electron chi connectivity index (χ0n) is 11.8. The number of nitrogens with zero attached hydrogens (tertiary/aromatic N) is 1. The highest BCUT2D eigenvalue weighted by atomic mass is 16.7. The SMILES string of the molecule is O=[N+]([O-])c1cccc([C@H]2OC[C@H](COc3ccccc3)O2)c1. The summed E-state index contributed by atoms with van der Waals surface area (Å²) < 4.78 is 16.9. The summed E-state index contributed by atoms with van der Waals surface area (Å²) in [6.45, 7) is 0.760. The van der Waals surface area contributed by atoms with Gasteiger partial charge in [-0.3, -0.25) is 10.1 Å². The first-order chi connectivity index (χ1) is 10.7. The molecule has 0 saturated carbocycles. The van der Waals surface area contributed by atoms with Crippen LogP contribution >= 0.6 is 0 Å².